The van der Waals surface area contributed by atoms with Gasteiger partial charge in [-0.3, -0.25) is 0 Å². The molecular weight excluding hydrogens is 200 g/mol. The van der Waals surface area contributed by atoms with Gasteiger partial charge >= 0.3 is 0 Å². The number of hydrogen-bond acceptors (Lipinski definition) is 4. The molecule has 1 heterocycles. The van der Waals surface area contributed by atoms with E-state index in [-0.39, 0.29) is 0 Å². The molecule has 0 amide bonds. The van der Waals surface area contributed by atoms with Crippen LogP contribution in [0.25, 0.3) is 0 Å². The van der Waals surface area contributed by atoms with Crippen molar-refractivity contribution in [3.63, 3.8) is 0 Å². The summed E-state index contributed by atoms with van der Waals surface area (Å²) in [6, 6.07) is 0.688. The van der Waals surface area contributed by atoms with E-state index in [9.17, 15) is 0 Å². The Bertz CT molecular complexity index is 360. The first-order valence-electron chi connectivity index (χ1n) is 6.02. The third-order valence-electron chi connectivity index (χ3n) is 3.03. The van der Waals surface area contributed by atoms with E-state index in [1.165, 1.54) is 12.8 Å². The zero-order valence-electron chi connectivity index (χ0n) is 10.3. The summed E-state index contributed by atoms with van der Waals surface area (Å²) in [5.74, 6) is 2.04. The number of aromatic nitrogens is 2. The molecule has 0 radical (unpaired) electrons. The second-order valence-electron chi connectivity index (χ2n) is 4.44. The lowest BCUT2D eigenvalue weighted by molar-refractivity contribution is 0.873. The molecular formula is C12H20N4. The van der Waals surface area contributed by atoms with Crippen LogP contribution in [0.4, 0.5) is 11.6 Å². The Hall–Kier alpha value is -1.32. The summed E-state index contributed by atoms with van der Waals surface area (Å²) in [5, 5.41) is 3.34. The number of nitrogens with zero attached hydrogens (tertiary/aromatic N) is 3. The van der Waals surface area contributed by atoms with Crippen LogP contribution in [-0.4, -0.2) is 29.6 Å². The van der Waals surface area contributed by atoms with Crippen molar-refractivity contribution in [3.05, 3.63) is 11.9 Å². The topological polar surface area (TPSA) is 41.1 Å². The van der Waals surface area contributed by atoms with Gasteiger partial charge in [-0.25, -0.2) is 9.97 Å². The fourth-order valence-electron chi connectivity index (χ4n) is 1.85. The Balaban J connectivity index is 2.17. The Morgan fingerprint density at radius 2 is 2.19 bits per heavy atom. The summed E-state index contributed by atoms with van der Waals surface area (Å²) in [6.07, 6.45) is 5.34. The molecule has 1 aromatic rings. The molecule has 0 spiro atoms. The lowest BCUT2D eigenvalue weighted by Crippen LogP contribution is -2.22. The maximum atomic E-state index is 4.38. The Morgan fingerprint density at radius 3 is 2.81 bits per heavy atom. The van der Waals surface area contributed by atoms with Gasteiger partial charge in [0.1, 0.15) is 18.0 Å². The second kappa shape index (κ2) is 4.68. The average molecular weight is 220 g/mol. The van der Waals surface area contributed by atoms with Gasteiger partial charge in [0.05, 0.1) is 0 Å². The van der Waals surface area contributed by atoms with Gasteiger partial charge in [0.2, 0.25) is 0 Å². The average Bonchev–Trinajstić information content (AvgIpc) is 3.11. The van der Waals surface area contributed by atoms with Gasteiger partial charge in [-0.05, 0) is 26.2 Å². The van der Waals surface area contributed by atoms with E-state index in [1.807, 2.05) is 0 Å². The van der Waals surface area contributed by atoms with Crippen molar-refractivity contribution in [2.24, 2.45) is 0 Å². The SMILES string of the molecule is CCCNc1ncnc(N(C)C2CC2)c1C. The molecule has 1 aromatic heterocycles. The van der Waals surface area contributed by atoms with Gasteiger partial charge in [0.25, 0.3) is 0 Å². The molecule has 0 unspecified atom stereocenters. The lowest BCUT2D eigenvalue weighted by Gasteiger charge is -2.20. The molecule has 1 aliphatic carbocycles. The van der Waals surface area contributed by atoms with Crippen molar-refractivity contribution in [2.45, 2.75) is 39.2 Å². The van der Waals surface area contributed by atoms with E-state index < -0.39 is 0 Å². The third-order valence-corrected chi connectivity index (χ3v) is 3.03. The molecule has 2 rings (SSSR count). The molecule has 1 N–H and O–H groups in total. The van der Waals surface area contributed by atoms with Crippen molar-refractivity contribution < 1.29 is 0 Å². The largest absolute Gasteiger partial charge is 0.370 e. The summed E-state index contributed by atoms with van der Waals surface area (Å²) in [5.41, 5.74) is 1.16. The van der Waals surface area contributed by atoms with Gasteiger partial charge < -0.3 is 10.2 Å². The Kier molecular flexibility index (Phi) is 3.27. The fourth-order valence-corrected chi connectivity index (χ4v) is 1.85. The van der Waals surface area contributed by atoms with Gasteiger partial charge in [-0.15, -0.1) is 0 Å². The molecule has 1 aliphatic rings. The minimum Gasteiger partial charge on any atom is -0.370 e. The molecule has 0 bridgehead atoms. The summed E-state index contributed by atoms with van der Waals surface area (Å²) in [4.78, 5) is 10.9. The number of hydrogen-bond donors (Lipinski definition) is 1. The van der Waals surface area contributed by atoms with Gasteiger partial charge in [-0.1, -0.05) is 6.92 Å². The molecule has 1 fully saturated rings. The number of anilines is 2. The summed E-state index contributed by atoms with van der Waals surface area (Å²) >= 11 is 0. The Morgan fingerprint density at radius 1 is 1.44 bits per heavy atom. The van der Waals surface area contributed by atoms with Crippen LogP contribution < -0.4 is 10.2 Å². The molecule has 4 heteroatoms. The van der Waals surface area contributed by atoms with Crippen LogP contribution in [0.5, 0.6) is 0 Å². The first-order chi connectivity index (χ1) is 7.74. The van der Waals surface area contributed by atoms with Crippen molar-refractivity contribution in [2.75, 3.05) is 23.8 Å². The van der Waals surface area contributed by atoms with Crippen LogP contribution in [-0.2, 0) is 0 Å². The van der Waals surface area contributed by atoms with E-state index in [0.717, 1.165) is 30.2 Å². The van der Waals surface area contributed by atoms with Crippen LogP contribution in [0.1, 0.15) is 31.7 Å². The maximum absolute atomic E-state index is 4.38. The van der Waals surface area contributed by atoms with E-state index >= 15 is 0 Å². The Labute approximate surface area is 97.1 Å². The molecule has 0 aliphatic heterocycles. The zero-order valence-corrected chi connectivity index (χ0v) is 10.3. The van der Waals surface area contributed by atoms with Crippen LogP contribution in [0.3, 0.4) is 0 Å². The van der Waals surface area contributed by atoms with E-state index in [4.69, 9.17) is 0 Å². The highest BCUT2D eigenvalue weighted by atomic mass is 15.2. The van der Waals surface area contributed by atoms with E-state index in [1.54, 1.807) is 6.33 Å². The van der Waals surface area contributed by atoms with E-state index in [2.05, 4.69) is 41.1 Å². The standard InChI is InChI=1S/C12H20N4/c1-4-7-13-11-9(2)12(15-8-14-11)16(3)10-5-6-10/h8,10H,4-7H2,1-3H3,(H,13,14,15). The van der Waals surface area contributed by atoms with Crippen LogP contribution in [0.15, 0.2) is 6.33 Å². The summed E-state index contributed by atoms with van der Waals surface area (Å²) < 4.78 is 0. The summed E-state index contributed by atoms with van der Waals surface area (Å²) in [6.45, 7) is 5.21. The highest BCUT2D eigenvalue weighted by molar-refractivity contribution is 5.58. The third kappa shape index (κ3) is 2.26. The van der Waals surface area contributed by atoms with E-state index in [0.29, 0.717) is 6.04 Å². The smallest absolute Gasteiger partial charge is 0.137 e. The number of rotatable bonds is 5. The first kappa shape index (κ1) is 11.2. The normalized spacial score (nSPS) is 14.9. The fraction of sp³-hybridized carbons (Fsp3) is 0.667. The van der Waals surface area contributed by atoms with Crippen LogP contribution in [0, 0.1) is 6.92 Å². The predicted octanol–water partition coefficient (Wildman–Crippen LogP) is 2.21. The lowest BCUT2D eigenvalue weighted by atomic mass is 10.3. The van der Waals surface area contributed by atoms with Crippen LogP contribution >= 0.6 is 0 Å². The molecule has 16 heavy (non-hydrogen) atoms. The van der Waals surface area contributed by atoms with Gasteiger partial charge in [0, 0.05) is 25.2 Å². The summed E-state index contributed by atoms with van der Waals surface area (Å²) in [7, 11) is 2.12. The molecule has 0 aromatic carbocycles. The maximum Gasteiger partial charge on any atom is 0.137 e. The van der Waals surface area contributed by atoms with Crippen molar-refractivity contribution in [1.29, 1.82) is 0 Å². The minimum atomic E-state index is 0.688. The minimum absolute atomic E-state index is 0.688. The second-order valence-corrected chi connectivity index (χ2v) is 4.44. The molecule has 0 saturated heterocycles. The highest BCUT2D eigenvalue weighted by Crippen LogP contribution is 2.31. The molecule has 0 atom stereocenters. The van der Waals surface area contributed by atoms with Gasteiger partial charge in [0.15, 0.2) is 0 Å². The van der Waals surface area contributed by atoms with Crippen LogP contribution in [0.2, 0.25) is 0 Å². The highest BCUT2D eigenvalue weighted by Gasteiger charge is 2.28. The monoisotopic (exact) mass is 220 g/mol. The zero-order chi connectivity index (χ0) is 11.5. The first-order valence-corrected chi connectivity index (χ1v) is 6.02. The quantitative estimate of drug-likeness (QED) is 0.826. The van der Waals surface area contributed by atoms with Crippen molar-refractivity contribution in [3.8, 4) is 0 Å². The van der Waals surface area contributed by atoms with Crippen molar-refractivity contribution in [1.82, 2.24) is 9.97 Å². The van der Waals surface area contributed by atoms with Crippen molar-refractivity contribution >= 4 is 11.6 Å². The number of nitrogens with one attached hydrogen (secondary N) is 1. The van der Waals surface area contributed by atoms with Gasteiger partial charge in [-0.2, -0.15) is 0 Å². The molecule has 4 nitrogen and oxygen atoms in total. The predicted molar refractivity (Wildman–Crippen MR) is 67.0 cm³/mol. The molecule has 88 valence electrons. The molecule has 1 saturated carbocycles.